The highest BCUT2D eigenvalue weighted by Crippen LogP contribution is 2.18. The van der Waals surface area contributed by atoms with E-state index in [2.05, 4.69) is 9.97 Å². The molecular formula is C18H19N3O2. The predicted molar refractivity (Wildman–Crippen MR) is 88.0 cm³/mol. The number of carbonyl (C=O) groups is 1. The molecule has 23 heavy (non-hydrogen) atoms. The number of fused-ring (bicyclic) bond motifs is 1. The lowest BCUT2D eigenvalue weighted by Crippen LogP contribution is -2.40. The van der Waals surface area contributed by atoms with Gasteiger partial charge in [-0.1, -0.05) is 18.2 Å². The number of hydrogen-bond acceptors (Lipinski definition) is 4. The zero-order chi connectivity index (χ0) is 16.4. The summed E-state index contributed by atoms with van der Waals surface area (Å²) < 4.78 is 1.81. The molecule has 0 aliphatic carbocycles. The number of aryl methyl sites for hydroxylation is 1. The summed E-state index contributed by atoms with van der Waals surface area (Å²) in [5, 5.41) is 10.6. The second-order valence-electron chi connectivity index (χ2n) is 6.04. The van der Waals surface area contributed by atoms with Gasteiger partial charge < -0.3 is 9.67 Å². The number of nitrogens with zero attached hydrogens (tertiary/aromatic N) is 3. The minimum absolute atomic E-state index is 0.160. The first kappa shape index (κ1) is 15.4. The van der Waals surface area contributed by atoms with Crippen LogP contribution < -0.4 is 0 Å². The number of imidazole rings is 1. The van der Waals surface area contributed by atoms with Gasteiger partial charge in [0.15, 0.2) is 5.78 Å². The van der Waals surface area contributed by atoms with Crippen LogP contribution in [0.15, 0.2) is 48.9 Å². The van der Waals surface area contributed by atoms with Crippen LogP contribution >= 0.6 is 0 Å². The van der Waals surface area contributed by atoms with Crippen LogP contribution in [-0.4, -0.2) is 31.0 Å². The number of Topliss-reactive ketones (excluding diaryl/α,β-unsaturated/α-hetero) is 1. The Labute approximate surface area is 134 Å². The lowest BCUT2D eigenvalue weighted by Gasteiger charge is -2.22. The Hall–Kier alpha value is -2.53. The Kier molecular flexibility index (Phi) is 3.96. The molecule has 0 saturated carbocycles. The summed E-state index contributed by atoms with van der Waals surface area (Å²) in [6.45, 7) is 3.61. The molecule has 2 heterocycles. The lowest BCUT2D eigenvalue weighted by molar-refractivity contribution is -0.136. The van der Waals surface area contributed by atoms with E-state index >= 15 is 0 Å². The molecule has 0 aliphatic rings. The molecule has 0 amide bonds. The van der Waals surface area contributed by atoms with Gasteiger partial charge in [-0.2, -0.15) is 0 Å². The predicted octanol–water partition coefficient (Wildman–Crippen LogP) is 2.30. The van der Waals surface area contributed by atoms with Crippen LogP contribution in [-0.2, 0) is 17.8 Å². The van der Waals surface area contributed by atoms with Crippen LogP contribution in [0.2, 0.25) is 0 Å². The summed E-state index contributed by atoms with van der Waals surface area (Å²) in [6.07, 6.45) is 3.49. The van der Waals surface area contributed by atoms with E-state index in [0.717, 1.165) is 22.3 Å². The number of benzene rings is 1. The SMILES string of the molecule is Cc1ccc(CC(=O)[C@@](C)(O)Cn2cnc3ccccc32)cn1. The molecule has 2 aromatic heterocycles. The average Bonchev–Trinajstić information content (AvgIpc) is 2.92. The van der Waals surface area contributed by atoms with E-state index < -0.39 is 5.60 Å². The highest BCUT2D eigenvalue weighted by molar-refractivity contribution is 5.88. The Morgan fingerprint density at radius 2 is 2.00 bits per heavy atom. The number of carbonyl (C=O) groups excluding carboxylic acids is 1. The molecule has 3 rings (SSSR count). The summed E-state index contributed by atoms with van der Waals surface area (Å²) in [6, 6.07) is 11.4. The van der Waals surface area contributed by atoms with Gasteiger partial charge in [0.05, 0.1) is 23.9 Å². The number of hydrogen-bond donors (Lipinski definition) is 1. The van der Waals surface area contributed by atoms with Crippen molar-refractivity contribution < 1.29 is 9.90 Å². The summed E-state index contributed by atoms with van der Waals surface area (Å²) in [4.78, 5) is 20.9. The lowest BCUT2D eigenvalue weighted by atomic mass is 9.95. The highest BCUT2D eigenvalue weighted by atomic mass is 16.3. The zero-order valence-electron chi connectivity index (χ0n) is 13.2. The van der Waals surface area contributed by atoms with Crippen LogP contribution in [0.1, 0.15) is 18.2 Å². The Balaban J connectivity index is 1.77. The van der Waals surface area contributed by atoms with Gasteiger partial charge in [-0.3, -0.25) is 9.78 Å². The van der Waals surface area contributed by atoms with Gasteiger partial charge in [-0.05, 0) is 37.6 Å². The van der Waals surface area contributed by atoms with E-state index in [9.17, 15) is 9.90 Å². The molecule has 0 bridgehead atoms. The van der Waals surface area contributed by atoms with E-state index in [1.165, 1.54) is 0 Å². The van der Waals surface area contributed by atoms with E-state index in [1.54, 1.807) is 24.0 Å². The maximum atomic E-state index is 12.5. The fourth-order valence-electron chi connectivity index (χ4n) is 2.53. The van der Waals surface area contributed by atoms with E-state index in [1.807, 2.05) is 43.3 Å². The van der Waals surface area contributed by atoms with Crippen molar-refractivity contribution in [3.05, 3.63) is 60.2 Å². The van der Waals surface area contributed by atoms with Crippen molar-refractivity contribution in [2.75, 3.05) is 0 Å². The zero-order valence-corrected chi connectivity index (χ0v) is 13.2. The van der Waals surface area contributed by atoms with Crippen molar-refractivity contribution in [2.24, 2.45) is 0 Å². The summed E-state index contributed by atoms with van der Waals surface area (Å²) in [7, 11) is 0. The molecule has 0 saturated heterocycles. The van der Waals surface area contributed by atoms with Gasteiger partial charge in [0.2, 0.25) is 0 Å². The third kappa shape index (κ3) is 3.29. The number of ketones is 1. The molecule has 118 valence electrons. The monoisotopic (exact) mass is 309 g/mol. The first-order valence-electron chi connectivity index (χ1n) is 7.53. The maximum Gasteiger partial charge on any atom is 0.170 e. The fraction of sp³-hybridized carbons (Fsp3) is 0.278. The largest absolute Gasteiger partial charge is 0.380 e. The molecule has 5 nitrogen and oxygen atoms in total. The van der Waals surface area contributed by atoms with Gasteiger partial charge in [0.1, 0.15) is 5.60 Å². The molecule has 5 heteroatoms. The van der Waals surface area contributed by atoms with Crippen molar-refractivity contribution in [1.82, 2.24) is 14.5 Å². The Bertz CT molecular complexity index is 835. The Morgan fingerprint density at radius 3 is 2.74 bits per heavy atom. The van der Waals surface area contributed by atoms with Crippen LogP contribution in [0.4, 0.5) is 0 Å². The van der Waals surface area contributed by atoms with Gasteiger partial charge in [0.25, 0.3) is 0 Å². The number of rotatable bonds is 5. The van der Waals surface area contributed by atoms with E-state index in [-0.39, 0.29) is 18.7 Å². The van der Waals surface area contributed by atoms with Gasteiger partial charge in [-0.25, -0.2) is 4.98 Å². The second-order valence-corrected chi connectivity index (χ2v) is 6.04. The van der Waals surface area contributed by atoms with E-state index in [4.69, 9.17) is 0 Å². The van der Waals surface area contributed by atoms with Crippen molar-refractivity contribution in [1.29, 1.82) is 0 Å². The van der Waals surface area contributed by atoms with Gasteiger partial charge >= 0.3 is 0 Å². The topological polar surface area (TPSA) is 68.0 Å². The van der Waals surface area contributed by atoms with Crippen molar-refractivity contribution >= 4 is 16.8 Å². The van der Waals surface area contributed by atoms with E-state index in [0.29, 0.717) is 0 Å². The molecule has 0 aliphatic heterocycles. The summed E-state index contributed by atoms with van der Waals surface area (Å²) in [5.74, 6) is -0.235. The van der Waals surface area contributed by atoms with Crippen LogP contribution in [0.3, 0.4) is 0 Å². The molecule has 1 atom stereocenters. The fourth-order valence-corrected chi connectivity index (χ4v) is 2.53. The minimum atomic E-state index is -1.46. The van der Waals surface area contributed by atoms with Crippen LogP contribution in [0.5, 0.6) is 0 Å². The number of pyridine rings is 1. The molecule has 3 aromatic rings. The van der Waals surface area contributed by atoms with Crippen molar-refractivity contribution in [3.63, 3.8) is 0 Å². The van der Waals surface area contributed by atoms with Crippen LogP contribution in [0, 0.1) is 6.92 Å². The Morgan fingerprint density at radius 1 is 1.22 bits per heavy atom. The molecule has 1 aromatic carbocycles. The summed E-state index contributed by atoms with van der Waals surface area (Å²) in [5.41, 5.74) is 1.99. The standard InChI is InChI=1S/C18H19N3O2/c1-13-7-8-14(10-19-13)9-17(22)18(2,23)11-21-12-20-15-5-3-4-6-16(15)21/h3-8,10,12,23H,9,11H2,1-2H3/t18-/m0/s1. The molecular weight excluding hydrogens is 290 g/mol. The molecule has 0 unspecified atom stereocenters. The quantitative estimate of drug-likeness (QED) is 0.785. The van der Waals surface area contributed by atoms with Crippen molar-refractivity contribution in [2.45, 2.75) is 32.4 Å². The smallest absolute Gasteiger partial charge is 0.170 e. The van der Waals surface area contributed by atoms with Crippen molar-refractivity contribution in [3.8, 4) is 0 Å². The van der Waals surface area contributed by atoms with Gasteiger partial charge in [-0.15, -0.1) is 0 Å². The molecule has 0 fully saturated rings. The first-order valence-corrected chi connectivity index (χ1v) is 7.53. The molecule has 0 spiro atoms. The van der Waals surface area contributed by atoms with Crippen LogP contribution in [0.25, 0.3) is 11.0 Å². The molecule has 0 radical (unpaired) electrons. The number of aromatic nitrogens is 3. The average molecular weight is 309 g/mol. The highest BCUT2D eigenvalue weighted by Gasteiger charge is 2.31. The summed E-state index contributed by atoms with van der Waals surface area (Å²) >= 11 is 0. The third-order valence-electron chi connectivity index (χ3n) is 3.94. The first-order chi connectivity index (χ1) is 11.0. The maximum absolute atomic E-state index is 12.5. The normalized spacial score (nSPS) is 13.9. The minimum Gasteiger partial charge on any atom is -0.380 e. The molecule has 1 N–H and O–H groups in total. The number of aliphatic hydroxyl groups is 1. The van der Waals surface area contributed by atoms with Gasteiger partial charge in [0, 0.05) is 18.3 Å². The number of para-hydroxylation sites is 2. The third-order valence-corrected chi connectivity index (χ3v) is 3.94. The second kappa shape index (κ2) is 5.93.